The van der Waals surface area contributed by atoms with Crippen molar-refractivity contribution in [1.29, 1.82) is 0 Å². The average Bonchev–Trinajstić information content (AvgIpc) is 2.79. The summed E-state index contributed by atoms with van der Waals surface area (Å²) >= 11 is 1.57. The summed E-state index contributed by atoms with van der Waals surface area (Å²) in [5.41, 5.74) is 0. The highest BCUT2D eigenvalue weighted by Crippen LogP contribution is 2.11. The fraction of sp³-hybridized carbons (Fsp3) is 0.538. The van der Waals surface area contributed by atoms with Crippen LogP contribution < -0.4 is 5.32 Å². The number of thiophene rings is 1. The fourth-order valence-corrected chi connectivity index (χ4v) is 2.42. The van der Waals surface area contributed by atoms with Gasteiger partial charge in [-0.05, 0) is 23.8 Å². The highest BCUT2D eigenvalue weighted by molar-refractivity contribution is 7.09. The minimum absolute atomic E-state index is 0.212. The van der Waals surface area contributed by atoms with Crippen LogP contribution in [0, 0.1) is 5.92 Å². The van der Waals surface area contributed by atoms with E-state index in [2.05, 4.69) is 5.32 Å². The van der Waals surface area contributed by atoms with Crippen LogP contribution in [-0.2, 0) is 11.3 Å². The SMILES string of the molecule is CC(C)C[C@H](NC(=O)N(C)Cc1cccs1)C(=O)O. The van der Waals surface area contributed by atoms with E-state index in [1.165, 1.54) is 4.90 Å². The van der Waals surface area contributed by atoms with Gasteiger partial charge in [0.25, 0.3) is 0 Å². The first-order valence-electron chi connectivity index (χ1n) is 6.17. The lowest BCUT2D eigenvalue weighted by Gasteiger charge is -2.22. The number of urea groups is 1. The van der Waals surface area contributed by atoms with E-state index in [9.17, 15) is 9.59 Å². The van der Waals surface area contributed by atoms with Crippen LogP contribution >= 0.6 is 11.3 Å². The normalized spacial score (nSPS) is 12.2. The number of nitrogens with one attached hydrogen (secondary N) is 1. The third-order valence-electron chi connectivity index (χ3n) is 2.62. The predicted molar refractivity (Wildman–Crippen MR) is 75.2 cm³/mol. The zero-order chi connectivity index (χ0) is 14.4. The number of hydrogen-bond acceptors (Lipinski definition) is 3. The molecular weight excluding hydrogens is 264 g/mol. The number of carbonyl (C=O) groups is 2. The second-order valence-electron chi connectivity index (χ2n) is 4.91. The Morgan fingerprint density at radius 1 is 1.47 bits per heavy atom. The molecule has 0 saturated carbocycles. The lowest BCUT2D eigenvalue weighted by molar-refractivity contribution is -0.139. The van der Waals surface area contributed by atoms with Crippen molar-refractivity contribution in [1.82, 2.24) is 10.2 Å². The number of nitrogens with zero attached hydrogens (tertiary/aromatic N) is 1. The van der Waals surface area contributed by atoms with Gasteiger partial charge < -0.3 is 15.3 Å². The van der Waals surface area contributed by atoms with E-state index in [4.69, 9.17) is 5.11 Å². The Labute approximate surface area is 117 Å². The molecule has 0 aliphatic heterocycles. The van der Waals surface area contributed by atoms with Crippen LogP contribution in [0.3, 0.4) is 0 Å². The molecule has 1 heterocycles. The van der Waals surface area contributed by atoms with Crippen molar-refractivity contribution in [2.75, 3.05) is 7.05 Å². The van der Waals surface area contributed by atoms with Gasteiger partial charge >= 0.3 is 12.0 Å². The zero-order valence-corrected chi connectivity index (χ0v) is 12.2. The standard InChI is InChI=1S/C13H20N2O3S/c1-9(2)7-11(12(16)17)14-13(18)15(3)8-10-5-4-6-19-10/h4-6,9,11H,7-8H2,1-3H3,(H,14,18)(H,16,17)/t11-/m0/s1. The van der Waals surface area contributed by atoms with Gasteiger partial charge in [0.1, 0.15) is 6.04 Å². The van der Waals surface area contributed by atoms with Gasteiger partial charge in [0.2, 0.25) is 0 Å². The molecule has 1 rings (SSSR count). The second-order valence-corrected chi connectivity index (χ2v) is 5.94. The molecule has 2 N–H and O–H groups in total. The Balaban J connectivity index is 2.53. The molecule has 0 aliphatic rings. The first kappa shape index (κ1) is 15.5. The van der Waals surface area contributed by atoms with Gasteiger partial charge in [-0.3, -0.25) is 0 Å². The molecule has 6 heteroatoms. The molecule has 0 unspecified atom stereocenters. The van der Waals surface area contributed by atoms with E-state index < -0.39 is 12.0 Å². The van der Waals surface area contributed by atoms with Crippen molar-refractivity contribution in [3.63, 3.8) is 0 Å². The fourth-order valence-electron chi connectivity index (χ4n) is 1.66. The van der Waals surface area contributed by atoms with Crippen molar-refractivity contribution < 1.29 is 14.7 Å². The smallest absolute Gasteiger partial charge is 0.326 e. The summed E-state index contributed by atoms with van der Waals surface area (Å²) in [7, 11) is 1.66. The summed E-state index contributed by atoms with van der Waals surface area (Å²) in [6.07, 6.45) is 0.425. The molecule has 2 amide bonds. The summed E-state index contributed by atoms with van der Waals surface area (Å²) in [4.78, 5) is 25.6. The van der Waals surface area contributed by atoms with E-state index >= 15 is 0 Å². The molecule has 0 bridgehead atoms. The number of amides is 2. The molecule has 19 heavy (non-hydrogen) atoms. The van der Waals surface area contributed by atoms with Crippen LogP contribution in [0.1, 0.15) is 25.1 Å². The summed E-state index contributed by atoms with van der Waals surface area (Å²) in [5, 5.41) is 13.6. The first-order valence-corrected chi connectivity index (χ1v) is 7.05. The quantitative estimate of drug-likeness (QED) is 0.842. The topological polar surface area (TPSA) is 69.6 Å². The van der Waals surface area contributed by atoms with Gasteiger partial charge in [-0.25, -0.2) is 9.59 Å². The van der Waals surface area contributed by atoms with Gasteiger partial charge in [-0.2, -0.15) is 0 Å². The van der Waals surface area contributed by atoms with E-state index in [0.29, 0.717) is 13.0 Å². The summed E-state index contributed by atoms with van der Waals surface area (Å²) in [5.74, 6) is -0.782. The molecule has 0 spiro atoms. The number of rotatable bonds is 6. The van der Waals surface area contributed by atoms with Crippen LogP contribution in [0.15, 0.2) is 17.5 Å². The summed E-state index contributed by atoms with van der Waals surface area (Å²) in [6.45, 7) is 4.34. The molecule has 5 nitrogen and oxygen atoms in total. The Kier molecular flexibility index (Phi) is 5.82. The summed E-state index contributed by atoms with van der Waals surface area (Å²) in [6, 6.07) is 2.67. The maximum absolute atomic E-state index is 11.9. The third kappa shape index (κ3) is 5.30. The number of hydrogen-bond donors (Lipinski definition) is 2. The molecule has 0 fully saturated rings. The largest absolute Gasteiger partial charge is 0.480 e. The molecule has 1 atom stereocenters. The first-order chi connectivity index (χ1) is 8.90. The van der Waals surface area contributed by atoms with Gasteiger partial charge in [0.15, 0.2) is 0 Å². The van der Waals surface area contributed by atoms with Crippen LogP contribution in [0.5, 0.6) is 0 Å². The van der Waals surface area contributed by atoms with Crippen molar-refractivity contribution in [3.05, 3.63) is 22.4 Å². The van der Waals surface area contributed by atoms with Crippen molar-refractivity contribution >= 4 is 23.3 Å². The predicted octanol–water partition coefficient (Wildman–Crippen LogP) is 2.39. The van der Waals surface area contributed by atoms with Crippen molar-refractivity contribution in [2.24, 2.45) is 5.92 Å². The maximum Gasteiger partial charge on any atom is 0.326 e. The molecule has 1 aromatic heterocycles. The van der Waals surface area contributed by atoms with Crippen molar-refractivity contribution in [2.45, 2.75) is 32.9 Å². The van der Waals surface area contributed by atoms with E-state index in [-0.39, 0.29) is 11.9 Å². The Morgan fingerprint density at radius 3 is 2.63 bits per heavy atom. The van der Waals surface area contributed by atoms with E-state index in [1.807, 2.05) is 31.4 Å². The number of carbonyl (C=O) groups excluding carboxylic acids is 1. The van der Waals surface area contributed by atoms with E-state index in [0.717, 1.165) is 4.88 Å². The second kappa shape index (κ2) is 7.13. The van der Waals surface area contributed by atoms with Gasteiger partial charge in [-0.15, -0.1) is 11.3 Å². The number of carboxylic acid groups (broad SMARTS) is 1. The Morgan fingerprint density at radius 2 is 2.16 bits per heavy atom. The third-order valence-corrected chi connectivity index (χ3v) is 3.48. The molecule has 106 valence electrons. The molecular formula is C13H20N2O3S. The molecule has 0 aromatic carbocycles. The van der Waals surface area contributed by atoms with Crippen LogP contribution in [0.25, 0.3) is 0 Å². The molecule has 0 radical (unpaired) electrons. The Hall–Kier alpha value is -1.56. The van der Waals surface area contributed by atoms with Crippen molar-refractivity contribution in [3.8, 4) is 0 Å². The van der Waals surface area contributed by atoms with Gasteiger partial charge in [-0.1, -0.05) is 19.9 Å². The lowest BCUT2D eigenvalue weighted by atomic mass is 10.0. The van der Waals surface area contributed by atoms with Crippen LogP contribution in [0.2, 0.25) is 0 Å². The highest BCUT2D eigenvalue weighted by Gasteiger charge is 2.22. The van der Waals surface area contributed by atoms with E-state index in [1.54, 1.807) is 18.4 Å². The average molecular weight is 284 g/mol. The van der Waals surface area contributed by atoms with Gasteiger partial charge in [0, 0.05) is 11.9 Å². The number of carboxylic acids is 1. The maximum atomic E-state index is 11.9. The monoisotopic (exact) mass is 284 g/mol. The van der Waals surface area contributed by atoms with Crippen LogP contribution in [0.4, 0.5) is 4.79 Å². The lowest BCUT2D eigenvalue weighted by Crippen LogP contribution is -2.46. The molecule has 1 aromatic rings. The Bertz CT molecular complexity index is 418. The summed E-state index contributed by atoms with van der Waals surface area (Å²) < 4.78 is 0. The minimum Gasteiger partial charge on any atom is -0.480 e. The van der Waals surface area contributed by atoms with Gasteiger partial charge in [0.05, 0.1) is 6.54 Å². The van der Waals surface area contributed by atoms with Crippen LogP contribution in [-0.4, -0.2) is 35.1 Å². The molecule has 0 saturated heterocycles. The highest BCUT2D eigenvalue weighted by atomic mass is 32.1. The zero-order valence-electron chi connectivity index (χ0n) is 11.4. The molecule has 0 aliphatic carbocycles. The minimum atomic E-state index is -0.994. The number of aliphatic carboxylic acids is 1.